The second-order valence-electron chi connectivity index (χ2n) is 2.15. The molecule has 11 heavy (non-hydrogen) atoms. The van der Waals surface area contributed by atoms with Crippen LogP contribution in [0.2, 0.25) is 0 Å². The lowest BCUT2D eigenvalue weighted by Gasteiger charge is -2.21. The first kappa shape index (κ1) is 10.5. The summed E-state index contributed by atoms with van der Waals surface area (Å²) in [6.45, 7) is 0. The van der Waals surface area contributed by atoms with E-state index in [-0.39, 0.29) is 30.0 Å². The minimum Gasteiger partial charge on any atom is -1.00 e. The Morgan fingerprint density at radius 2 is 2.27 bits per heavy atom. The molecule has 0 aromatic heterocycles. The summed E-state index contributed by atoms with van der Waals surface area (Å²) in [7, 11) is 1.92. The van der Waals surface area contributed by atoms with Gasteiger partial charge in [0, 0.05) is 7.05 Å². The molecule has 0 spiro atoms. The summed E-state index contributed by atoms with van der Waals surface area (Å²) in [6, 6.07) is 0.0926. The summed E-state index contributed by atoms with van der Waals surface area (Å²) in [6.07, 6.45) is 9.19. The average molecular weight is 265 g/mol. The fourth-order valence-electron chi connectivity index (χ4n) is 0.822. The van der Waals surface area contributed by atoms with Gasteiger partial charge in [-0.3, -0.25) is 0 Å². The van der Waals surface area contributed by atoms with Gasteiger partial charge in [-0.05, 0) is 12.3 Å². The zero-order valence-electron chi connectivity index (χ0n) is 6.18. The highest BCUT2D eigenvalue weighted by Gasteiger charge is 2.05. The number of oxime groups is 1. The first-order valence-electron chi connectivity index (χ1n) is 3.09. The molecule has 3 nitrogen and oxygen atoms in total. The predicted octanol–water partition coefficient (Wildman–Crippen LogP) is -2.17. The van der Waals surface area contributed by atoms with Gasteiger partial charge in [0.15, 0.2) is 0 Å². The molecule has 0 amide bonds. The van der Waals surface area contributed by atoms with Crippen LogP contribution >= 0.6 is 0 Å². The Morgan fingerprint density at radius 1 is 1.55 bits per heavy atom. The third-order valence-corrected chi connectivity index (χ3v) is 1.43. The topological polar surface area (TPSA) is 35.8 Å². The second kappa shape index (κ2) is 5.17. The molecular formula is C7H10IN2O-. The highest BCUT2D eigenvalue weighted by molar-refractivity contribution is 5.67. The summed E-state index contributed by atoms with van der Waals surface area (Å²) < 4.78 is 0. The molecular weight excluding hydrogens is 255 g/mol. The van der Waals surface area contributed by atoms with Crippen molar-refractivity contribution in [3.63, 3.8) is 0 Å². The molecule has 0 aliphatic carbocycles. The van der Waals surface area contributed by atoms with E-state index in [9.17, 15) is 0 Å². The first-order valence-corrected chi connectivity index (χ1v) is 3.09. The van der Waals surface area contributed by atoms with Gasteiger partial charge in [-0.25, -0.2) is 0 Å². The number of hydrogen-bond donors (Lipinski definition) is 1. The van der Waals surface area contributed by atoms with Gasteiger partial charge in [0.05, 0.1) is 12.3 Å². The van der Waals surface area contributed by atoms with Crippen LogP contribution in [0.5, 0.6) is 0 Å². The first-order chi connectivity index (χ1) is 4.84. The van der Waals surface area contributed by atoms with Gasteiger partial charge in [0.2, 0.25) is 0 Å². The van der Waals surface area contributed by atoms with E-state index in [1.54, 1.807) is 0 Å². The van der Waals surface area contributed by atoms with Crippen molar-refractivity contribution in [1.82, 2.24) is 4.90 Å². The number of allylic oxidation sites excluding steroid dienone is 2. The van der Waals surface area contributed by atoms with E-state index in [1.807, 2.05) is 36.4 Å². The zero-order valence-corrected chi connectivity index (χ0v) is 8.34. The number of rotatable bonds is 1. The molecule has 0 fully saturated rings. The third-order valence-electron chi connectivity index (χ3n) is 1.43. The van der Waals surface area contributed by atoms with Gasteiger partial charge in [-0.15, -0.1) is 0 Å². The van der Waals surface area contributed by atoms with Crippen LogP contribution < -0.4 is 24.0 Å². The lowest BCUT2D eigenvalue weighted by Crippen LogP contribution is -3.00. The van der Waals surface area contributed by atoms with Crippen LogP contribution in [0.1, 0.15) is 0 Å². The molecule has 1 aliphatic heterocycles. The molecule has 1 aliphatic rings. The Bertz CT molecular complexity index is 189. The van der Waals surface area contributed by atoms with Crippen LogP contribution in [0.25, 0.3) is 0 Å². The van der Waals surface area contributed by atoms with Gasteiger partial charge in [-0.1, -0.05) is 17.3 Å². The molecule has 4 heteroatoms. The van der Waals surface area contributed by atoms with E-state index in [4.69, 9.17) is 5.21 Å². The highest BCUT2D eigenvalue weighted by atomic mass is 127. The molecule has 1 N–H and O–H groups in total. The Hall–Kier alpha value is -0.520. The van der Waals surface area contributed by atoms with Crippen molar-refractivity contribution < 1.29 is 29.2 Å². The van der Waals surface area contributed by atoms with E-state index < -0.39 is 0 Å². The van der Waals surface area contributed by atoms with Gasteiger partial charge < -0.3 is 34.1 Å². The maximum atomic E-state index is 8.22. The number of nitrogens with zero attached hydrogens (tertiary/aromatic N) is 2. The lowest BCUT2D eigenvalue weighted by atomic mass is 10.2. The number of hydrogen-bond acceptors (Lipinski definition) is 3. The SMILES string of the molecule is CN1C=CC=CC1/C=N\O.[I-]. The number of halogens is 1. The smallest absolute Gasteiger partial charge is 0.0855 e. The standard InChI is InChI=1S/C7H10N2O.HI/c1-9-5-3-2-4-7(9)6-8-10;/h2-7,10H,1H3;1H/p-1/b8-6-;. The minimum absolute atomic E-state index is 0. The molecule has 1 unspecified atom stereocenters. The quantitative estimate of drug-likeness (QED) is 0.254. The average Bonchev–Trinajstić information content (AvgIpc) is 1.94. The lowest BCUT2D eigenvalue weighted by molar-refractivity contribution is -0.00000290. The van der Waals surface area contributed by atoms with Gasteiger partial charge in [-0.2, -0.15) is 0 Å². The Balaban J connectivity index is 0.000001000. The van der Waals surface area contributed by atoms with E-state index in [0.29, 0.717) is 0 Å². The van der Waals surface area contributed by atoms with E-state index in [0.717, 1.165) is 0 Å². The van der Waals surface area contributed by atoms with Crippen LogP contribution in [-0.4, -0.2) is 29.4 Å². The molecule has 0 bridgehead atoms. The molecule has 62 valence electrons. The fourth-order valence-corrected chi connectivity index (χ4v) is 0.822. The molecule has 0 aromatic rings. The summed E-state index contributed by atoms with van der Waals surface area (Å²) in [4.78, 5) is 1.94. The largest absolute Gasteiger partial charge is 1.00 e. The molecule has 0 aromatic carbocycles. The fraction of sp³-hybridized carbons (Fsp3) is 0.286. The molecule has 0 saturated carbocycles. The van der Waals surface area contributed by atoms with Crippen molar-refractivity contribution in [2.24, 2.45) is 5.16 Å². The highest BCUT2D eigenvalue weighted by Crippen LogP contribution is 2.02. The molecule has 1 rings (SSSR count). The van der Waals surface area contributed by atoms with Crippen molar-refractivity contribution in [3.05, 3.63) is 24.4 Å². The summed E-state index contributed by atoms with van der Waals surface area (Å²) in [5.74, 6) is 0. The van der Waals surface area contributed by atoms with Crippen molar-refractivity contribution in [1.29, 1.82) is 0 Å². The maximum Gasteiger partial charge on any atom is 0.0855 e. The third kappa shape index (κ3) is 2.92. The van der Waals surface area contributed by atoms with Crippen molar-refractivity contribution in [3.8, 4) is 0 Å². The van der Waals surface area contributed by atoms with Gasteiger partial charge in [0.25, 0.3) is 0 Å². The second-order valence-corrected chi connectivity index (χ2v) is 2.15. The van der Waals surface area contributed by atoms with Gasteiger partial charge >= 0.3 is 0 Å². The van der Waals surface area contributed by atoms with E-state index in [1.165, 1.54) is 6.21 Å². The summed E-state index contributed by atoms with van der Waals surface area (Å²) >= 11 is 0. The van der Waals surface area contributed by atoms with Crippen molar-refractivity contribution >= 4 is 6.21 Å². The predicted molar refractivity (Wildman–Crippen MR) is 40.1 cm³/mol. The van der Waals surface area contributed by atoms with Gasteiger partial charge in [0.1, 0.15) is 0 Å². The Morgan fingerprint density at radius 3 is 2.82 bits per heavy atom. The monoisotopic (exact) mass is 265 g/mol. The van der Waals surface area contributed by atoms with E-state index >= 15 is 0 Å². The summed E-state index contributed by atoms with van der Waals surface area (Å²) in [5.41, 5.74) is 0. The van der Waals surface area contributed by atoms with Crippen LogP contribution in [0, 0.1) is 0 Å². The zero-order chi connectivity index (χ0) is 7.40. The maximum absolute atomic E-state index is 8.22. The van der Waals surface area contributed by atoms with Crippen LogP contribution in [0.4, 0.5) is 0 Å². The molecule has 0 saturated heterocycles. The normalized spacial score (nSPS) is 22.3. The summed E-state index contributed by atoms with van der Waals surface area (Å²) in [5, 5.41) is 11.2. The van der Waals surface area contributed by atoms with Crippen LogP contribution in [0.3, 0.4) is 0 Å². The number of likely N-dealkylation sites (N-methyl/N-ethyl adjacent to an activating group) is 1. The van der Waals surface area contributed by atoms with Crippen LogP contribution in [-0.2, 0) is 0 Å². The van der Waals surface area contributed by atoms with Crippen molar-refractivity contribution in [2.45, 2.75) is 6.04 Å². The Labute approximate surface area is 83.1 Å². The van der Waals surface area contributed by atoms with Crippen LogP contribution in [0.15, 0.2) is 29.6 Å². The molecule has 1 heterocycles. The van der Waals surface area contributed by atoms with E-state index in [2.05, 4.69) is 5.16 Å². The minimum atomic E-state index is 0. The molecule has 0 radical (unpaired) electrons. The molecule has 1 atom stereocenters. The Kier molecular flexibility index (Phi) is 4.93. The van der Waals surface area contributed by atoms with Crippen molar-refractivity contribution in [2.75, 3.05) is 7.05 Å².